The SMILES string of the molecule is CN(C)c1cccc(C(=O)NC2=NCCS2)c1. The van der Waals surface area contributed by atoms with Gasteiger partial charge in [-0.2, -0.15) is 0 Å². The first-order chi connectivity index (χ1) is 8.16. The van der Waals surface area contributed by atoms with Crippen molar-refractivity contribution in [1.29, 1.82) is 0 Å². The molecule has 1 N–H and O–H groups in total. The first-order valence-electron chi connectivity index (χ1n) is 5.43. The second-order valence-electron chi connectivity index (χ2n) is 3.93. The number of nitrogens with zero attached hydrogens (tertiary/aromatic N) is 2. The molecular formula is C12H15N3OS. The molecule has 0 bridgehead atoms. The minimum absolute atomic E-state index is 0.0955. The maximum atomic E-state index is 12.0. The predicted octanol–water partition coefficient (Wildman–Crippen LogP) is 1.59. The Bertz CT molecular complexity index is 457. The first-order valence-corrected chi connectivity index (χ1v) is 6.41. The van der Waals surface area contributed by atoms with Gasteiger partial charge in [-0.05, 0) is 18.2 Å². The summed E-state index contributed by atoms with van der Waals surface area (Å²) in [7, 11) is 3.90. The van der Waals surface area contributed by atoms with E-state index in [1.807, 2.05) is 43.3 Å². The van der Waals surface area contributed by atoms with E-state index in [9.17, 15) is 4.79 Å². The molecule has 0 spiro atoms. The molecule has 2 rings (SSSR count). The maximum absolute atomic E-state index is 12.0. The molecule has 0 aromatic heterocycles. The number of carbonyl (C=O) groups is 1. The lowest BCUT2D eigenvalue weighted by atomic mass is 10.2. The fraction of sp³-hybridized carbons (Fsp3) is 0.333. The molecule has 0 aliphatic carbocycles. The van der Waals surface area contributed by atoms with Crippen LogP contribution >= 0.6 is 11.8 Å². The highest BCUT2D eigenvalue weighted by Crippen LogP contribution is 2.14. The van der Waals surface area contributed by atoms with Gasteiger partial charge in [-0.1, -0.05) is 17.8 Å². The third kappa shape index (κ3) is 3.00. The Balaban J connectivity index is 2.10. The fourth-order valence-corrected chi connectivity index (χ4v) is 2.23. The number of hydrogen-bond donors (Lipinski definition) is 1. The Morgan fingerprint density at radius 2 is 2.29 bits per heavy atom. The van der Waals surface area contributed by atoms with Crippen molar-refractivity contribution < 1.29 is 4.79 Å². The molecule has 0 radical (unpaired) electrons. The van der Waals surface area contributed by atoms with Crippen LogP contribution in [0.2, 0.25) is 0 Å². The number of amides is 1. The standard InChI is InChI=1S/C12H15N3OS/c1-15(2)10-5-3-4-9(8-10)11(16)14-12-13-6-7-17-12/h3-5,8H,6-7H2,1-2H3,(H,13,14,16). The minimum Gasteiger partial charge on any atom is -0.378 e. The van der Waals surface area contributed by atoms with Gasteiger partial charge in [0.05, 0.1) is 6.54 Å². The lowest BCUT2D eigenvalue weighted by Gasteiger charge is -2.13. The van der Waals surface area contributed by atoms with Crippen molar-refractivity contribution in [3.05, 3.63) is 29.8 Å². The average molecular weight is 249 g/mol. The molecule has 1 aromatic carbocycles. The van der Waals surface area contributed by atoms with Crippen LogP contribution in [0.5, 0.6) is 0 Å². The second kappa shape index (κ2) is 5.23. The van der Waals surface area contributed by atoms with E-state index in [4.69, 9.17) is 0 Å². The number of nitrogens with one attached hydrogen (secondary N) is 1. The number of benzene rings is 1. The van der Waals surface area contributed by atoms with Gasteiger partial charge in [-0.3, -0.25) is 9.79 Å². The molecule has 1 aromatic rings. The maximum Gasteiger partial charge on any atom is 0.257 e. The van der Waals surface area contributed by atoms with Crippen molar-refractivity contribution in [3.8, 4) is 0 Å². The summed E-state index contributed by atoms with van der Waals surface area (Å²) in [6.45, 7) is 0.790. The molecule has 90 valence electrons. The first kappa shape index (κ1) is 12.0. The highest BCUT2D eigenvalue weighted by molar-refractivity contribution is 8.14. The summed E-state index contributed by atoms with van der Waals surface area (Å²) >= 11 is 1.58. The molecule has 0 atom stereocenters. The second-order valence-corrected chi connectivity index (χ2v) is 5.02. The molecule has 5 heteroatoms. The number of aliphatic imine (C=N–C) groups is 1. The molecule has 4 nitrogen and oxygen atoms in total. The summed E-state index contributed by atoms with van der Waals surface area (Å²) in [6.07, 6.45) is 0. The van der Waals surface area contributed by atoms with Gasteiger partial charge in [0, 0.05) is 31.1 Å². The molecule has 0 saturated heterocycles. The Hall–Kier alpha value is -1.49. The van der Waals surface area contributed by atoms with Crippen molar-refractivity contribution in [1.82, 2.24) is 5.32 Å². The molecular weight excluding hydrogens is 234 g/mol. The number of carbonyl (C=O) groups excluding carboxylic acids is 1. The van der Waals surface area contributed by atoms with Crippen LogP contribution < -0.4 is 10.2 Å². The minimum atomic E-state index is -0.0955. The largest absolute Gasteiger partial charge is 0.378 e. The van der Waals surface area contributed by atoms with E-state index < -0.39 is 0 Å². The van der Waals surface area contributed by atoms with Gasteiger partial charge in [-0.25, -0.2) is 0 Å². The summed E-state index contributed by atoms with van der Waals surface area (Å²) in [5.41, 5.74) is 1.67. The highest BCUT2D eigenvalue weighted by Gasteiger charge is 2.12. The van der Waals surface area contributed by atoms with Crippen molar-refractivity contribution in [2.75, 3.05) is 31.3 Å². The van der Waals surface area contributed by atoms with Crippen LogP contribution in [0.1, 0.15) is 10.4 Å². The Kier molecular flexibility index (Phi) is 3.68. The lowest BCUT2D eigenvalue weighted by molar-refractivity contribution is 0.0978. The third-order valence-corrected chi connectivity index (χ3v) is 3.32. The van der Waals surface area contributed by atoms with E-state index in [0.29, 0.717) is 5.56 Å². The zero-order chi connectivity index (χ0) is 12.3. The van der Waals surface area contributed by atoms with E-state index in [1.165, 1.54) is 0 Å². The highest BCUT2D eigenvalue weighted by atomic mass is 32.2. The molecule has 1 aliphatic rings. The van der Waals surface area contributed by atoms with Crippen molar-refractivity contribution >= 4 is 28.5 Å². The molecule has 0 fully saturated rings. The number of rotatable bonds is 2. The Morgan fingerprint density at radius 3 is 2.94 bits per heavy atom. The molecule has 17 heavy (non-hydrogen) atoms. The van der Waals surface area contributed by atoms with Gasteiger partial charge in [0.15, 0.2) is 5.17 Å². The van der Waals surface area contributed by atoms with Crippen LogP contribution in [0.25, 0.3) is 0 Å². The van der Waals surface area contributed by atoms with Gasteiger partial charge in [-0.15, -0.1) is 0 Å². The summed E-state index contributed by atoms with van der Waals surface area (Å²) in [4.78, 5) is 18.1. The van der Waals surface area contributed by atoms with Gasteiger partial charge in [0.25, 0.3) is 5.91 Å². The van der Waals surface area contributed by atoms with E-state index in [2.05, 4.69) is 10.3 Å². The normalized spacial score (nSPS) is 14.4. The summed E-state index contributed by atoms with van der Waals surface area (Å²) < 4.78 is 0. The van der Waals surface area contributed by atoms with E-state index in [0.717, 1.165) is 23.2 Å². The van der Waals surface area contributed by atoms with Crippen molar-refractivity contribution in [3.63, 3.8) is 0 Å². The lowest BCUT2D eigenvalue weighted by Crippen LogP contribution is -2.27. The van der Waals surface area contributed by atoms with Crippen LogP contribution in [0.4, 0.5) is 5.69 Å². The molecule has 0 unspecified atom stereocenters. The van der Waals surface area contributed by atoms with Gasteiger partial charge >= 0.3 is 0 Å². The van der Waals surface area contributed by atoms with E-state index in [1.54, 1.807) is 11.8 Å². The van der Waals surface area contributed by atoms with Crippen LogP contribution in [0.15, 0.2) is 29.3 Å². The van der Waals surface area contributed by atoms with Crippen LogP contribution in [-0.2, 0) is 0 Å². The van der Waals surface area contributed by atoms with Crippen molar-refractivity contribution in [2.24, 2.45) is 4.99 Å². The predicted molar refractivity (Wildman–Crippen MR) is 73.0 cm³/mol. The zero-order valence-corrected chi connectivity index (χ0v) is 10.8. The Morgan fingerprint density at radius 1 is 1.47 bits per heavy atom. The van der Waals surface area contributed by atoms with Crippen LogP contribution in [0.3, 0.4) is 0 Å². The molecule has 0 saturated carbocycles. The number of anilines is 1. The van der Waals surface area contributed by atoms with Gasteiger partial charge < -0.3 is 10.2 Å². The fourth-order valence-electron chi connectivity index (χ4n) is 1.51. The van der Waals surface area contributed by atoms with Gasteiger partial charge in [0.1, 0.15) is 0 Å². The van der Waals surface area contributed by atoms with Crippen LogP contribution in [-0.4, -0.2) is 37.5 Å². The summed E-state index contributed by atoms with van der Waals surface area (Å²) in [5, 5.41) is 3.54. The smallest absolute Gasteiger partial charge is 0.257 e. The molecule has 1 amide bonds. The Labute approximate surface area is 105 Å². The zero-order valence-electron chi connectivity index (χ0n) is 9.93. The van der Waals surface area contributed by atoms with Crippen molar-refractivity contribution in [2.45, 2.75) is 0 Å². The summed E-state index contributed by atoms with van der Waals surface area (Å²) in [5.74, 6) is 0.856. The summed E-state index contributed by atoms with van der Waals surface area (Å²) in [6, 6.07) is 7.53. The number of hydrogen-bond acceptors (Lipinski definition) is 4. The van der Waals surface area contributed by atoms with E-state index >= 15 is 0 Å². The third-order valence-electron chi connectivity index (χ3n) is 2.43. The van der Waals surface area contributed by atoms with E-state index in [-0.39, 0.29) is 5.91 Å². The van der Waals surface area contributed by atoms with Crippen LogP contribution in [0, 0.1) is 0 Å². The molecule has 1 aliphatic heterocycles. The van der Waals surface area contributed by atoms with Gasteiger partial charge in [0.2, 0.25) is 0 Å². The number of amidine groups is 1. The number of thioether (sulfide) groups is 1. The topological polar surface area (TPSA) is 44.7 Å². The molecule has 1 heterocycles. The monoisotopic (exact) mass is 249 g/mol. The average Bonchev–Trinajstić information content (AvgIpc) is 2.82. The quantitative estimate of drug-likeness (QED) is 0.865.